The van der Waals surface area contributed by atoms with E-state index in [1.165, 1.54) is 7.11 Å². The Morgan fingerprint density at radius 2 is 1.95 bits per heavy atom. The van der Waals surface area contributed by atoms with Crippen LogP contribution < -0.4 is 0 Å². The van der Waals surface area contributed by atoms with Crippen LogP contribution in [-0.2, 0) is 19.0 Å². The van der Waals surface area contributed by atoms with Crippen molar-refractivity contribution in [3.63, 3.8) is 0 Å². The van der Waals surface area contributed by atoms with Gasteiger partial charge in [0.25, 0.3) is 0 Å². The molecule has 1 aliphatic rings. The Kier molecular flexibility index (Phi) is 7.39. The van der Waals surface area contributed by atoms with Crippen LogP contribution in [0.3, 0.4) is 0 Å². The van der Waals surface area contributed by atoms with Crippen molar-refractivity contribution < 1.29 is 34.3 Å². The Labute approximate surface area is 118 Å². The normalized spacial score (nSPS) is 34.0. The van der Waals surface area contributed by atoms with E-state index in [0.29, 0.717) is 25.9 Å². The van der Waals surface area contributed by atoms with Gasteiger partial charge in [-0.3, -0.25) is 4.79 Å². The molecule has 118 valence electrons. The van der Waals surface area contributed by atoms with Crippen LogP contribution in [0.4, 0.5) is 0 Å². The van der Waals surface area contributed by atoms with Crippen molar-refractivity contribution in [2.45, 2.75) is 50.8 Å². The zero-order valence-corrected chi connectivity index (χ0v) is 11.9. The highest BCUT2D eigenvalue weighted by Gasteiger charge is 2.42. The summed E-state index contributed by atoms with van der Waals surface area (Å²) in [5.74, 6) is -0.653. The van der Waals surface area contributed by atoms with E-state index in [9.17, 15) is 15.0 Å². The number of aliphatic hydroxyl groups is 3. The molecular formula is C13H24O7. The standard InChI is InChI=1S/C13H24O7/c1-8-11(16)12(17)9(7-14)20-13(8)19-6-4-3-5-10(15)18-2/h8-9,11-14,16-17H,3-7H2,1-2H3. The number of ether oxygens (including phenoxy) is 3. The van der Waals surface area contributed by atoms with E-state index in [0.717, 1.165) is 0 Å². The topological polar surface area (TPSA) is 105 Å². The van der Waals surface area contributed by atoms with Crippen molar-refractivity contribution in [1.29, 1.82) is 0 Å². The Hall–Kier alpha value is -0.730. The number of carbonyl (C=O) groups excluding carboxylic acids is 1. The Balaban J connectivity index is 2.30. The summed E-state index contributed by atoms with van der Waals surface area (Å²) in [5, 5.41) is 28.6. The molecule has 0 aromatic carbocycles. The second-order valence-electron chi connectivity index (χ2n) is 4.97. The molecule has 0 aliphatic carbocycles. The van der Waals surface area contributed by atoms with Crippen molar-refractivity contribution in [3.8, 4) is 0 Å². The summed E-state index contributed by atoms with van der Waals surface area (Å²) in [6, 6.07) is 0. The highest BCUT2D eigenvalue weighted by atomic mass is 16.7. The molecular weight excluding hydrogens is 268 g/mol. The van der Waals surface area contributed by atoms with Crippen molar-refractivity contribution in [2.75, 3.05) is 20.3 Å². The number of aliphatic hydroxyl groups excluding tert-OH is 3. The third-order valence-corrected chi connectivity index (χ3v) is 3.47. The van der Waals surface area contributed by atoms with Crippen molar-refractivity contribution in [3.05, 3.63) is 0 Å². The lowest BCUT2D eigenvalue weighted by atomic mass is 9.92. The number of hydrogen-bond donors (Lipinski definition) is 3. The van der Waals surface area contributed by atoms with Gasteiger partial charge in [0.2, 0.25) is 0 Å². The zero-order chi connectivity index (χ0) is 15.1. The fraction of sp³-hybridized carbons (Fsp3) is 0.923. The molecule has 20 heavy (non-hydrogen) atoms. The fourth-order valence-electron chi connectivity index (χ4n) is 2.08. The molecule has 5 unspecified atom stereocenters. The van der Waals surface area contributed by atoms with Gasteiger partial charge in [0, 0.05) is 18.9 Å². The maximum absolute atomic E-state index is 10.9. The summed E-state index contributed by atoms with van der Waals surface area (Å²) in [6.45, 7) is 1.70. The molecule has 0 aromatic rings. The lowest BCUT2D eigenvalue weighted by Crippen LogP contribution is -2.55. The molecule has 1 saturated heterocycles. The van der Waals surface area contributed by atoms with E-state index in [-0.39, 0.29) is 12.6 Å². The van der Waals surface area contributed by atoms with Gasteiger partial charge >= 0.3 is 5.97 Å². The number of carbonyl (C=O) groups is 1. The van der Waals surface area contributed by atoms with Crippen molar-refractivity contribution in [2.24, 2.45) is 5.92 Å². The van der Waals surface area contributed by atoms with Crippen LogP contribution in [0.1, 0.15) is 26.2 Å². The first-order valence-corrected chi connectivity index (χ1v) is 6.82. The van der Waals surface area contributed by atoms with Gasteiger partial charge in [-0.15, -0.1) is 0 Å². The van der Waals surface area contributed by atoms with E-state index in [2.05, 4.69) is 4.74 Å². The minimum absolute atomic E-state index is 0.258. The Morgan fingerprint density at radius 3 is 2.55 bits per heavy atom. The SMILES string of the molecule is COC(=O)CCCCOC1OC(CO)C(O)C(O)C1C. The van der Waals surface area contributed by atoms with Crippen LogP contribution >= 0.6 is 0 Å². The molecule has 1 heterocycles. The lowest BCUT2D eigenvalue weighted by molar-refractivity contribution is -0.282. The van der Waals surface area contributed by atoms with Gasteiger partial charge in [0.05, 0.1) is 19.8 Å². The first-order valence-electron chi connectivity index (χ1n) is 6.82. The molecule has 0 bridgehead atoms. The zero-order valence-electron chi connectivity index (χ0n) is 11.9. The van der Waals surface area contributed by atoms with Crippen LogP contribution in [0.25, 0.3) is 0 Å². The molecule has 3 N–H and O–H groups in total. The summed E-state index contributed by atoms with van der Waals surface area (Å²) in [5.41, 5.74) is 0. The van der Waals surface area contributed by atoms with Crippen molar-refractivity contribution in [1.82, 2.24) is 0 Å². The predicted octanol–water partition coefficient (Wildman–Crippen LogP) is -0.579. The Bertz CT molecular complexity index is 294. The average Bonchev–Trinajstić information content (AvgIpc) is 2.46. The van der Waals surface area contributed by atoms with Crippen molar-refractivity contribution >= 4 is 5.97 Å². The molecule has 0 aromatic heterocycles. The predicted molar refractivity (Wildman–Crippen MR) is 68.7 cm³/mol. The summed E-state index contributed by atoms with van der Waals surface area (Å²) in [6.07, 6.45) is -2.01. The summed E-state index contributed by atoms with van der Waals surface area (Å²) >= 11 is 0. The summed E-state index contributed by atoms with van der Waals surface area (Å²) < 4.78 is 15.4. The van der Waals surface area contributed by atoms with E-state index >= 15 is 0 Å². The van der Waals surface area contributed by atoms with E-state index < -0.39 is 30.5 Å². The van der Waals surface area contributed by atoms with Gasteiger partial charge < -0.3 is 29.5 Å². The molecule has 1 aliphatic heterocycles. The summed E-state index contributed by atoms with van der Waals surface area (Å²) in [7, 11) is 1.35. The number of unbranched alkanes of at least 4 members (excludes halogenated alkanes) is 1. The van der Waals surface area contributed by atoms with Gasteiger partial charge in [0.1, 0.15) is 12.2 Å². The maximum Gasteiger partial charge on any atom is 0.305 e. The van der Waals surface area contributed by atoms with E-state index in [1.54, 1.807) is 6.92 Å². The number of hydrogen-bond acceptors (Lipinski definition) is 7. The molecule has 0 saturated carbocycles. The van der Waals surface area contributed by atoms with Crippen LogP contribution in [0, 0.1) is 5.92 Å². The van der Waals surface area contributed by atoms with Gasteiger partial charge in [-0.05, 0) is 12.8 Å². The maximum atomic E-state index is 10.9. The molecule has 0 spiro atoms. The molecule has 1 rings (SSSR count). The third kappa shape index (κ3) is 4.68. The van der Waals surface area contributed by atoms with Gasteiger partial charge in [-0.2, -0.15) is 0 Å². The molecule has 0 radical (unpaired) electrons. The molecule has 7 nitrogen and oxygen atoms in total. The fourth-order valence-corrected chi connectivity index (χ4v) is 2.08. The smallest absolute Gasteiger partial charge is 0.305 e. The molecule has 5 atom stereocenters. The van der Waals surface area contributed by atoms with Crippen LogP contribution in [-0.4, -0.2) is 66.2 Å². The second-order valence-corrected chi connectivity index (χ2v) is 4.97. The van der Waals surface area contributed by atoms with Crippen LogP contribution in [0.5, 0.6) is 0 Å². The number of methoxy groups -OCH3 is 1. The van der Waals surface area contributed by atoms with E-state index in [1.807, 2.05) is 0 Å². The van der Waals surface area contributed by atoms with Gasteiger partial charge in [-0.25, -0.2) is 0 Å². The Morgan fingerprint density at radius 1 is 1.25 bits per heavy atom. The van der Waals surface area contributed by atoms with Gasteiger partial charge in [0.15, 0.2) is 6.29 Å². The van der Waals surface area contributed by atoms with Crippen LogP contribution in [0.2, 0.25) is 0 Å². The summed E-state index contributed by atoms with van der Waals surface area (Å²) in [4.78, 5) is 10.9. The second kappa shape index (κ2) is 8.53. The number of esters is 1. The first kappa shape index (κ1) is 17.3. The first-order chi connectivity index (χ1) is 9.51. The highest BCUT2D eigenvalue weighted by Crippen LogP contribution is 2.26. The third-order valence-electron chi connectivity index (χ3n) is 3.47. The minimum atomic E-state index is -1.12. The molecule has 0 amide bonds. The highest BCUT2D eigenvalue weighted by molar-refractivity contribution is 5.68. The molecule has 1 fully saturated rings. The molecule has 7 heteroatoms. The quantitative estimate of drug-likeness (QED) is 0.426. The minimum Gasteiger partial charge on any atom is -0.469 e. The number of rotatable bonds is 7. The van der Waals surface area contributed by atoms with Crippen LogP contribution in [0.15, 0.2) is 0 Å². The average molecular weight is 292 g/mol. The van der Waals surface area contributed by atoms with Gasteiger partial charge in [-0.1, -0.05) is 6.92 Å². The lowest BCUT2D eigenvalue weighted by Gasteiger charge is -2.40. The van der Waals surface area contributed by atoms with E-state index in [4.69, 9.17) is 14.6 Å². The monoisotopic (exact) mass is 292 g/mol. The largest absolute Gasteiger partial charge is 0.469 e.